The lowest BCUT2D eigenvalue weighted by Crippen LogP contribution is -1.84. The summed E-state index contributed by atoms with van der Waals surface area (Å²) in [6, 6.07) is 16.5. The maximum absolute atomic E-state index is 9.43. The molecule has 0 radical (unpaired) electrons. The van der Waals surface area contributed by atoms with Gasteiger partial charge in [-0.3, -0.25) is 0 Å². The summed E-state index contributed by atoms with van der Waals surface area (Å²) in [6.45, 7) is 0. The van der Waals surface area contributed by atoms with Crippen molar-refractivity contribution in [2.75, 3.05) is 7.11 Å². The molecule has 0 saturated carbocycles. The molecule has 5 heteroatoms. The van der Waals surface area contributed by atoms with Crippen molar-refractivity contribution in [3.05, 3.63) is 64.5 Å². The summed E-state index contributed by atoms with van der Waals surface area (Å²) in [4.78, 5) is 4.56. The Bertz CT molecular complexity index is 904. The molecular weight excluding hydrogens is 320 g/mol. The molecule has 24 heavy (non-hydrogen) atoms. The van der Waals surface area contributed by atoms with Crippen LogP contribution in [0.15, 0.2) is 53.9 Å². The van der Waals surface area contributed by atoms with Gasteiger partial charge in [0.15, 0.2) is 0 Å². The van der Waals surface area contributed by atoms with Crippen LogP contribution in [0.4, 0.5) is 0 Å². The molecule has 0 saturated heterocycles. The molecule has 0 aliphatic rings. The first-order chi connectivity index (χ1) is 11.7. The predicted molar refractivity (Wildman–Crippen MR) is 95.7 cm³/mol. The molecule has 0 unspecified atom stereocenters. The first-order valence-electron chi connectivity index (χ1n) is 7.21. The number of hydrogen-bond donors (Lipinski definition) is 1. The molecule has 0 aliphatic carbocycles. The summed E-state index contributed by atoms with van der Waals surface area (Å²) in [5.74, 6) is 0.987. The molecule has 0 spiro atoms. The Hall–Kier alpha value is -3.10. The number of nitriles is 1. The van der Waals surface area contributed by atoms with E-state index < -0.39 is 0 Å². The minimum absolute atomic E-state index is 0.196. The number of thiazole rings is 1. The minimum Gasteiger partial charge on any atom is -0.508 e. The van der Waals surface area contributed by atoms with Crippen LogP contribution in [-0.4, -0.2) is 17.2 Å². The minimum atomic E-state index is 0.196. The van der Waals surface area contributed by atoms with Gasteiger partial charge in [0.05, 0.1) is 18.4 Å². The van der Waals surface area contributed by atoms with Crippen molar-refractivity contribution in [2.45, 2.75) is 0 Å². The molecule has 4 nitrogen and oxygen atoms in total. The number of allylic oxidation sites excluding steroid dienone is 1. The van der Waals surface area contributed by atoms with E-state index in [9.17, 15) is 10.4 Å². The molecule has 0 fully saturated rings. The average Bonchev–Trinajstić information content (AvgIpc) is 3.11. The highest BCUT2D eigenvalue weighted by molar-refractivity contribution is 7.11. The lowest BCUT2D eigenvalue weighted by atomic mass is 10.1. The van der Waals surface area contributed by atoms with Crippen molar-refractivity contribution in [3.63, 3.8) is 0 Å². The molecular formula is C19H14N2O2S. The van der Waals surface area contributed by atoms with Crippen LogP contribution in [0.1, 0.15) is 10.6 Å². The summed E-state index contributed by atoms with van der Waals surface area (Å²) >= 11 is 1.43. The molecule has 0 bridgehead atoms. The fraction of sp³-hybridized carbons (Fsp3) is 0.0526. The van der Waals surface area contributed by atoms with Gasteiger partial charge in [-0.15, -0.1) is 11.3 Å². The Morgan fingerprint density at radius 1 is 1.17 bits per heavy atom. The molecule has 2 aromatic carbocycles. The zero-order valence-corrected chi connectivity index (χ0v) is 13.7. The maximum atomic E-state index is 9.43. The van der Waals surface area contributed by atoms with Gasteiger partial charge in [0.25, 0.3) is 0 Å². The van der Waals surface area contributed by atoms with Crippen LogP contribution >= 0.6 is 11.3 Å². The summed E-state index contributed by atoms with van der Waals surface area (Å²) in [5, 5.41) is 21.3. The fourth-order valence-electron chi connectivity index (χ4n) is 2.17. The molecule has 3 rings (SSSR count). The molecule has 1 N–H and O–H groups in total. The van der Waals surface area contributed by atoms with Gasteiger partial charge in [-0.2, -0.15) is 5.26 Å². The van der Waals surface area contributed by atoms with Crippen molar-refractivity contribution in [1.29, 1.82) is 5.26 Å². The van der Waals surface area contributed by atoms with Crippen molar-refractivity contribution in [2.24, 2.45) is 0 Å². The third-order valence-electron chi connectivity index (χ3n) is 3.44. The van der Waals surface area contributed by atoms with Crippen LogP contribution in [-0.2, 0) is 0 Å². The number of methoxy groups -OCH3 is 1. The molecule has 0 atom stereocenters. The Balaban J connectivity index is 1.90. The van der Waals surface area contributed by atoms with Gasteiger partial charge >= 0.3 is 0 Å². The number of aromatic nitrogens is 1. The number of phenols is 1. The second-order valence-corrected chi connectivity index (χ2v) is 5.89. The quantitative estimate of drug-likeness (QED) is 0.709. The Kier molecular flexibility index (Phi) is 4.59. The van der Waals surface area contributed by atoms with E-state index in [-0.39, 0.29) is 5.75 Å². The SMILES string of the molecule is COc1ccc(-c2csc(C(C#N)=Cc3ccc(O)cc3)n2)cc1. The van der Waals surface area contributed by atoms with E-state index in [0.717, 1.165) is 22.6 Å². The van der Waals surface area contributed by atoms with Crippen LogP contribution in [0.25, 0.3) is 22.9 Å². The normalized spacial score (nSPS) is 11.1. The molecule has 1 heterocycles. The summed E-state index contributed by atoms with van der Waals surface area (Å²) in [7, 11) is 1.63. The lowest BCUT2D eigenvalue weighted by Gasteiger charge is -2.00. The largest absolute Gasteiger partial charge is 0.508 e. The Labute approximate surface area is 143 Å². The summed E-state index contributed by atoms with van der Waals surface area (Å²) in [6.07, 6.45) is 1.76. The second-order valence-electron chi connectivity index (χ2n) is 5.03. The van der Waals surface area contributed by atoms with E-state index in [1.807, 2.05) is 29.6 Å². The molecule has 1 aromatic heterocycles. The molecule has 3 aromatic rings. The van der Waals surface area contributed by atoms with E-state index in [4.69, 9.17) is 4.74 Å². The summed E-state index contributed by atoms with van der Waals surface area (Å²) in [5.41, 5.74) is 3.13. The zero-order chi connectivity index (χ0) is 16.9. The molecule has 118 valence electrons. The van der Waals surface area contributed by atoms with Crippen LogP contribution in [0.5, 0.6) is 11.5 Å². The van der Waals surface area contributed by atoms with Crippen molar-refractivity contribution < 1.29 is 9.84 Å². The fourth-order valence-corrected chi connectivity index (χ4v) is 2.97. The summed E-state index contributed by atoms with van der Waals surface area (Å²) < 4.78 is 5.15. The highest BCUT2D eigenvalue weighted by Gasteiger charge is 2.09. The first-order valence-corrected chi connectivity index (χ1v) is 8.09. The van der Waals surface area contributed by atoms with Gasteiger partial charge in [-0.1, -0.05) is 12.1 Å². The van der Waals surface area contributed by atoms with Crippen molar-refractivity contribution >= 4 is 23.0 Å². The monoisotopic (exact) mass is 334 g/mol. The van der Waals surface area contributed by atoms with Gasteiger partial charge in [0, 0.05) is 10.9 Å². The van der Waals surface area contributed by atoms with Crippen LogP contribution in [0, 0.1) is 11.3 Å². The number of nitrogens with zero attached hydrogens (tertiary/aromatic N) is 2. The highest BCUT2D eigenvalue weighted by atomic mass is 32.1. The van der Waals surface area contributed by atoms with Gasteiger partial charge < -0.3 is 9.84 Å². The first kappa shape index (κ1) is 15.8. The zero-order valence-electron chi connectivity index (χ0n) is 12.9. The van der Waals surface area contributed by atoms with Gasteiger partial charge in [0.2, 0.25) is 0 Å². The second kappa shape index (κ2) is 6.99. The number of rotatable bonds is 4. The number of aromatic hydroxyl groups is 1. The smallest absolute Gasteiger partial charge is 0.134 e. The lowest BCUT2D eigenvalue weighted by molar-refractivity contribution is 0.415. The average molecular weight is 334 g/mol. The maximum Gasteiger partial charge on any atom is 0.134 e. The van der Waals surface area contributed by atoms with E-state index in [2.05, 4.69) is 11.1 Å². The van der Waals surface area contributed by atoms with Gasteiger partial charge in [-0.25, -0.2) is 4.98 Å². The Morgan fingerprint density at radius 3 is 2.50 bits per heavy atom. The van der Waals surface area contributed by atoms with E-state index >= 15 is 0 Å². The van der Waals surface area contributed by atoms with E-state index in [1.54, 1.807) is 37.5 Å². The van der Waals surface area contributed by atoms with Gasteiger partial charge in [0.1, 0.15) is 22.6 Å². The van der Waals surface area contributed by atoms with Crippen LogP contribution in [0.3, 0.4) is 0 Å². The molecule has 0 amide bonds. The van der Waals surface area contributed by atoms with Crippen molar-refractivity contribution in [1.82, 2.24) is 4.98 Å². The van der Waals surface area contributed by atoms with Crippen LogP contribution < -0.4 is 4.74 Å². The topological polar surface area (TPSA) is 66.1 Å². The Morgan fingerprint density at radius 2 is 1.88 bits per heavy atom. The number of benzene rings is 2. The number of ether oxygens (including phenoxy) is 1. The molecule has 0 aliphatic heterocycles. The number of hydrogen-bond acceptors (Lipinski definition) is 5. The van der Waals surface area contributed by atoms with E-state index in [1.165, 1.54) is 11.3 Å². The van der Waals surface area contributed by atoms with Crippen LogP contribution in [0.2, 0.25) is 0 Å². The third kappa shape index (κ3) is 3.45. The highest BCUT2D eigenvalue weighted by Crippen LogP contribution is 2.28. The number of phenolic OH excluding ortho intramolecular Hbond substituents is 1. The van der Waals surface area contributed by atoms with Gasteiger partial charge in [-0.05, 0) is 48.0 Å². The third-order valence-corrected chi connectivity index (χ3v) is 4.32. The predicted octanol–water partition coefficient (Wildman–Crippen LogP) is 4.59. The van der Waals surface area contributed by atoms with E-state index in [0.29, 0.717) is 10.6 Å². The van der Waals surface area contributed by atoms with Crippen molar-refractivity contribution in [3.8, 4) is 28.8 Å². The standard InChI is InChI=1S/C19H14N2O2S/c1-23-17-8-4-14(5-9-17)18-12-24-19(21-18)15(11-20)10-13-2-6-16(22)7-3-13/h2-10,12,22H,1H3.